The lowest BCUT2D eigenvalue weighted by Gasteiger charge is -2.19. The highest BCUT2D eigenvalue weighted by Gasteiger charge is 2.34. The molecule has 0 fully saturated rings. The van der Waals surface area contributed by atoms with Crippen molar-refractivity contribution in [3.8, 4) is 0 Å². The van der Waals surface area contributed by atoms with E-state index in [1.807, 2.05) is 17.5 Å². The van der Waals surface area contributed by atoms with Crippen molar-refractivity contribution in [3.63, 3.8) is 0 Å². The summed E-state index contributed by atoms with van der Waals surface area (Å²) in [5, 5.41) is 6.92. The number of rotatable bonds is 7. The van der Waals surface area contributed by atoms with E-state index in [0.29, 0.717) is 13.2 Å². The number of aliphatic imine (C=N–C) groups is 2. The molecule has 1 aliphatic heterocycles. The number of carbonyl (C=O) groups excluding carboxylic acids is 1. The lowest BCUT2D eigenvalue weighted by atomic mass is 10.3. The zero-order valence-corrected chi connectivity index (χ0v) is 14.8. The number of thioether (sulfide) groups is 1. The molecule has 0 radical (unpaired) electrons. The summed E-state index contributed by atoms with van der Waals surface area (Å²) in [6.45, 7) is 2.67. The number of nitrogens with two attached hydrogens (primary N) is 2. The Hall–Kier alpha value is -2.20. The van der Waals surface area contributed by atoms with Gasteiger partial charge >= 0.3 is 6.09 Å². The quantitative estimate of drug-likeness (QED) is 0.424. The fraction of sp³-hybridized carbons (Fsp3) is 0.357. The highest BCUT2D eigenvalue weighted by atomic mass is 32.2. The van der Waals surface area contributed by atoms with E-state index in [-0.39, 0.29) is 0 Å². The second-order valence-corrected chi connectivity index (χ2v) is 6.81. The smallest absolute Gasteiger partial charge is 0.407 e. The van der Waals surface area contributed by atoms with Crippen molar-refractivity contribution >= 4 is 47.6 Å². The van der Waals surface area contributed by atoms with Crippen LogP contribution in [0, 0.1) is 0 Å². The van der Waals surface area contributed by atoms with Crippen LogP contribution in [-0.4, -0.2) is 37.0 Å². The lowest BCUT2D eigenvalue weighted by Crippen LogP contribution is -2.34. The SMILES string of the molecule is CCOC(=O)NCCc1ccc(C2=CSC(/N=C\N)(/N=C\N)N2)s1. The standard InChI is InChI=1S/C14H20N6O2S2/c1-2-22-13(21)17-6-5-10-3-4-12(24-10)11-7-23-14(20-11,18-8-15)19-9-16/h3-4,7-9,20H,2,5-6H2,1H3,(H2,15,18)(H2,16,19)(H,17,21). The number of hydrogen-bond acceptors (Lipinski definition) is 7. The molecule has 130 valence electrons. The fourth-order valence-electron chi connectivity index (χ4n) is 1.98. The molecular formula is C14H20N6O2S2. The van der Waals surface area contributed by atoms with Crippen molar-refractivity contribution in [2.45, 2.75) is 18.5 Å². The minimum atomic E-state index is -0.936. The van der Waals surface area contributed by atoms with Crippen molar-refractivity contribution in [3.05, 3.63) is 27.3 Å². The van der Waals surface area contributed by atoms with E-state index in [2.05, 4.69) is 20.6 Å². The summed E-state index contributed by atoms with van der Waals surface area (Å²) in [6.07, 6.45) is 2.74. The Morgan fingerprint density at radius 2 is 2.17 bits per heavy atom. The van der Waals surface area contributed by atoms with Crippen LogP contribution in [0.2, 0.25) is 0 Å². The number of amides is 1. The van der Waals surface area contributed by atoms with E-state index in [1.165, 1.54) is 24.4 Å². The van der Waals surface area contributed by atoms with Gasteiger partial charge in [0.05, 0.1) is 29.9 Å². The van der Waals surface area contributed by atoms with Crippen LogP contribution in [0.1, 0.15) is 16.7 Å². The van der Waals surface area contributed by atoms with Gasteiger partial charge in [-0.2, -0.15) is 0 Å². The molecule has 24 heavy (non-hydrogen) atoms. The van der Waals surface area contributed by atoms with Crippen LogP contribution >= 0.6 is 23.1 Å². The van der Waals surface area contributed by atoms with Gasteiger partial charge in [-0.3, -0.25) is 0 Å². The van der Waals surface area contributed by atoms with Gasteiger partial charge in [0.15, 0.2) is 0 Å². The largest absolute Gasteiger partial charge is 0.450 e. The van der Waals surface area contributed by atoms with Crippen LogP contribution < -0.4 is 22.1 Å². The van der Waals surface area contributed by atoms with Crippen LogP contribution in [0.25, 0.3) is 5.70 Å². The third-order valence-electron chi connectivity index (χ3n) is 2.98. The molecule has 0 atom stereocenters. The molecule has 1 amide bonds. The van der Waals surface area contributed by atoms with Crippen LogP contribution in [0.15, 0.2) is 27.5 Å². The second kappa shape index (κ2) is 8.60. The first kappa shape index (κ1) is 18.1. The van der Waals surface area contributed by atoms with E-state index in [4.69, 9.17) is 16.2 Å². The van der Waals surface area contributed by atoms with Gasteiger partial charge in [0.2, 0.25) is 0 Å². The Morgan fingerprint density at radius 3 is 2.83 bits per heavy atom. The first-order valence-electron chi connectivity index (χ1n) is 7.29. The molecule has 0 aromatic carbocycles. The first-order chi connectivity index (χ1) is 11.6. The topological polar surface area (TPSA) is 127 Å². The number of alkyl carbamates (subject to hydrolysis) is 1. The van der Waals surface area contributed by atoms with Crippen LogP contribution in [0.5, 0.6) is 0 Å². The molecule has 10 heteroatoms. The summed E-state index contributed by atoms with van der Waals surface area (Å²) in [5.41, 5.74) is 11.7. The minimum absolute atomic E-state index is 0.366. The lowest BCUT2D eigenvalue weighted by molar-refractivity contribution is 0.152. The minimum Gasteiger partial charge on any atom is -0.450 e. The molecule has 0 spiro atoms. The zero-order chi connectivity index (χ0) is 17.4. The number of nitrogens with one attached hydrogen (secondary N) is 2. The van der Waals surface area contributed by atoms with E-state index >= 15 is 0 Å². The molecule has 1 aromatic rings. The Kier molecular flexibility index (Phi) is 6.50. The summed E-state index contributed by atoms with van der Waals surface area (Å²) < 4.78 is 4.82. The van der Waals surface area contributed by atoms with Gasteiger partial charge < -0.3 is 26.8 Å². The molecule has 1 aliphatic rings. The van der Waals surface area contributed by atoms with Crippen molar-refractivity contribution in [1.29, 1.82) is 0 Å². The monoisotopic (exact) mass is 368 g/mol. The molecule has 0 saturated heterocycles. The molecule has 2 rings (SSSR count). The third-order valence-corrected chi connectivity index (χ3v) is 5.15. The summed E-state index contributed by atoms with van der Waals surface area (Å²) >= 11 is 3.01. The highest BCUT2D eigenvalue weighted by Crippen LogP contribution is 2.39. The summed E-state index contributed by atoms with van der Waals surface area (Å²) in [5.74, 6) is 0. The van der Waals surface area contributed by atoms with Crippen LogP contribution in [0.4, 0.5) is 4.79 Å². The molecule has 8 nitrogen and oxygen atoms in total. The summed E-state index contributed by atoms with van der Waals surface area (Å²) in [7, 11) is 0. The van der Waals surface area contributed by atoms with E-state index in [1.54, 1.807) is 18.3 Å². The Balaban J connectivity index is 1.93. The molecule has 6 N–H and O–H groups in total. The van der Waals surface area contributed by atoms with Gasteiger partial charge in [-0.1, -0.05) is 11.8 Å². The number of thiophene rings is 1. The predicted molar refractivity (Wildman–Crippen MR) is 99.8 cm³/mol. The van der Waals surface area contributed by atoms with Gasteiger partial charge in [-0.05, 0) is 25.5 Å². The summed E-state index contributed by atoms with van der Waals surface area (Å²) in [6, 6.07) is 4.04. The van der Waals surface area contributed by atoms with Crippen molar-refractivity contribution in [2.24, 2.45) is 21.5 Å². The number of ether oxygens (including phenoxy) is 1. The Labute approximate surface area is 148 Å². The fourth-order valence-corrected chi connectivity index (χ4v) is 3.92. The second-order valence-electron chi connectivity index (χ2n) is 4.60. The highest BCUT2D eigenvalue weighted by molar-refractivity contribution is 8.03. The molecule has 2 heterocycles. The first-order valence-corrected chi connectivity index (χ1v) is 8.98. The van der Waals surface area contributed by atoms with Gasteiger partial charge in [-0.15, -0.1) is 11.3 Å². The Morgan fingerprint density at radius 1 is 1.42 bits per heavy atom. The van der Waals surface area contributed by atoms with Gasteiger partial charge in [-0.25, -0.2) is 14.8 Å². The summed E-state index contributed by atoms with van der Waals surface area (Å²) in [4.78, 5) is 21.7. The van der Waals surface area contributed by atoms with Gasteiger partial charge in [0, 0.05) is 16.8 Å². The maximum absolute atomic E-state index is 11.2. The van der Waals surface area contributed by atoms with Crippen molar-refractivity contribution < 1.29 is 9.53 Å². The Bertz CT molecular complexity index is 643. The van der Waals surface area contributed by atoms with E-state index in [9.17, 15) is 4.79 Å². The number of nitrogens with zero attached hydrogens (tertiary/aromatic N) is 2. The molecule has 0 aliphatic carbocycles. The maximum atomic E-state index is 11.2. The number of hydrogen-bond donors (Lipinski definition) is 4. The molecular weight excluding hydrogens is 348 g/mol. The molecule has 0 bridgehead atoms. The predicted octanol–water partition coefficient (Wildman–Crippen LogP) is 1.26. The van der Waals surface area contributed by atoms with Crippen LogP contribution in [0.3, 0.4) is 0 Å². The number of carbonyl (C=O) groups is 1. The molecule has 0 saturated carbocycles. The van der Waals surface area contributed by atoms with Crippen molar-refractivity contribution in [1.82, 2.24) is 10.6 Å². The molecule has 1 aromatic heterocycles. The van der Waals surface area contributed by atoms with E-state index < -0.39 is 11.2 Å². The third kappa shape index (κ3) is 4.65. The van der Waals surface area contributed by atoms with Crippen molar-refractivity contribution in [2.75, 3.05) is 13.2 Å². The zero-order valence-electron chi connectivity index (χ0n) is 13.2. The molecule has 0 unspecified atom stereocenters. The van der Waals surface area contributed by atoms with Gasteiger partial charge in [0.1, 0.15) is 0 Å². The average molecular weight is 368 g/mol. The average Bonchev–Trinajstić information content (AvgIpc) is 3.16. The van der Waals surface area contributed by atoms with E-state index in [0.717, 1.165) is 21.9 Å². The normalized spacial score (nSPS) is 16.3. The maximum Gasteiger partial charge on any atom is 0.407 e. The van der Waals surface area contributed by atoms with Gasteiger partial charge in [0.25, 0.3) is 5.12 Å². The van der Waals surface area contributed by atoms with Crippen LogP contribution in [-0.2, 0) is 11.2 Å².